The highest BCUT2D eigenvalue weighted by atomic mass is 16.1. The molecule has 0 spiro atoms. The van der Waals surface area contributed by atoms with Gasteiger partial charge >= 0.3 is 0 Å². The van der Waals surface area contributed by atoms with Gasteiger partial charge in [-0.05, 0) is 43.4 Å². The number of nitrogens with one attached hydrogen (secondary N) is 2. The van der Waals surface area contributed by atoms with E-state index in [0.29, 0.717) is 17.3 Å². The van der Waals surface area contributed by atoms with Gasteiger partial charge in [-0.1, -0.05) is 25.0 Å². The number of rotatable bonds is 3. The van der Waals surface area contributed by atoms with Crippen LogP contribution in [0.25, 0.3) is 0 Å². The zero-order chi connectivity index (χ0) is 13.9. The predicted octanol–water partition coefficient (Wildman–Crippen LogP) is 3.63. The largest absolute Gasteiger partial charge is 0.305 e. The second kappa shape index (κ2) is 5.49. The van der Waals surface area contributed by atoms with Crippen LogP contribution in [0.3, 0.4) is 0 Å². The normalized spacial score (nSPS) is 15.4. The van der Waals surface area contributed by atoms with Crippen LogP contribution < -0.4 is 5.32 Å². The smallest absolute Gasteiger partial charge is 0.256 e. The van der Waals surface area contributed by atoms with Gasteiger partial charge in [0.15, 0.2) is 5.82 Å². The van der Waals surface area contributed by atoms with Crippen molar-refractivity contribution in [3.8, 4) is 0 Å². The number of amides is 1. The molecule has 1 amide bonds. The standard InChI is InChI=1S/C16H19N3O/c1-11-10-15(19-18-11)17-16(20)14-8-6-13(7-9-14)12-4-2-3-5-12/h6-10,12H,2-5H2,1H3,(H2,17,18,19,20). The number of hydrogen-bond donors (Lipinski definition) is 2. The molecule has 104 valence electrons. The minimum atomic E-state index is -0.116. The number of aromatic amines is 1. The summed E-state index contributed by atoms with van der Waals surface area (Å²) in [6.45, 7) is 1.90. The minimum Gasteiger partial charge on any atom is -0.305 e. The zero-order valence-electron chi connectivity index (χ0n) is 11.6. The van der Waals surface area contributed by atoms with Gasteiger partial charge in [0.2, 0.25) is 0 Å². The fourth-order valence-electron chi connectivity index (χ4n) is 2.84. The molecule has 0 bridgehead atoms. The Kier molecular flexibility index (Phi) is 3.54. The summed E-state index contributed by atoms with van der Waals surface area (Å²) in [6, 6.07) is 9.79. The average Bonchev–Trinajstić information content (AvgIpc) is 3.11. The van der Waals surface area contributed by atoms with Crippen LogP contribution >= 0.6 is 0 Å². The second-order valence-corrected chi connectivity index (χ2v) is 5.49. The van der Waals surface area contributed by atoms with Crippen LogP contribution in [0.5, 0.6) is 0 Å². The first-order chi connectivity index (χ1) is 9.72. The Bertz CT molecular complexity index is 594. The Morgan fingerprint density at radius 3 is 2.55 bits per heavy atom. The number of carbonyl (C=O) groups is 1. The van der Waals surface area contributed by atoms with E-state index in [1.54, 1.807) is 0 Å². The van der Waals surface area contributed by atoms with Crippen molar-refractivity contribution in [3.63, 3.8) is 0 Å². The van der Waals surface area contributed by atoms with E-state index in [-0.39, 0.29) is 5.91 Å². The van der Waals surface area contributed by atoms with Gasteiger partial charge in [0.1, 0.15) is 0 Å². The highest BCUT2D eigenvalue weighted by molar-refractivity contribution is 6.03. The van der Waals surface area contributed by atoms with Crippen molar-refractivity contribution >= 4 is 11.7 Å². The molecule has 2 N–H and O–H groups in total. The van der Waals surface area contributed by atoms with Crippen LogP contribution in [0.2, 0.25) is 0 Å². The molecule has 1 aromatic carbocycles. The molecule has 3 rings (SSSR count). The maximum absolute atomic E-state index is 12.1. The molecule has 1 heterocycles. The van der Waals surface area contributed by atoms with Gasteiger partial charge in [-0.25, -0.2) is 0 Å². The minimum absolute atomic E-state index is 0.116. The van der Waals surface area contributed by atoms with Crippen LogP contribution in [-0.4, -0.2) is 16.1 Å². The third kappa shape index (κ3) is 2.74. The molecule has 0 saturated heterocycles. The van der Waals surface area contributed by atoms with Gasteiger partial charge in [0.25, 0.3) is 5.91 Å². The average molecular weight is 269 g/mol. The van der Waals surface area contributed by atoms with Gasteiger partial charge in [-0.15, -0.1) is 0 Å². The fourth-order valence-corrected chi connectivity index (χ4v) is 2.84. The first-order valence-corrected chi connectivity index (χ1v) is 7.16. The monoisotopic (exact) mass is 269 g/mol. The lowest BCUT2D eigenvalue weighted by atomic mass is 9.96. The number of benzene rings is 1. The Morgan fingerprint density at radius 1 is 1.25 bits per heavy atom. The van der Waals surface area contributed by atoms with Gasteiger partial charge in [0.05, 0.1) is 0 Å². The SMILES string of the molecule is Cc1cc(NC(=O)c2ccc(C3CCCC3)cc2)n[nH]1. The predicted molar refractivity (Wildman–Crippen MR) is 78.9 cm³/mol. The van der Waals surface area contributed by atoms with E-state index in [4.69, 9.17) is 0 Å². The van der Waals surface area contributed by atoms with E-state index < -0.39 is 0 Å². The molecule has 1 saturated carbocycles. The maximum atomic E-state index is 12.1. The van der Waals surface area contributed by atoms with Crippen molar-refractivity contribution in [1.29, 1.82) is 0 Å². The first kappa shape index (κ1) is 12.9. The molecule has 4 nitrogen and oxygen atoms in total. The molecule has 0 unspecified atom stereocenters. The maximum Gasteiger partial charge on any atom is 0.256 e. The van der Waals surface area contributed by atoms with Crippen molar-refractivity contribution in [2.75, 3.05) is 5.32 Å². The van der Waals surface area contributed by atoms with E-state index in [2.05, 4.69) is 27.6 Å². The highest BCUT2D eigenvalue weighted by Gasteiger charge is 2.17. The summed E-state index contributed by atoms with van der Waals surface area (Å²) in [6.07, 6.45) is 5.20. The number of aromatic nitrogens is 2. The topological polar surface area (TPSA) is 57.8 Å². The summed E-state index contributed by atoms with van der Waals surface area (Å²) in [5.41, 5.74) is 2.96. The number of aryl methyl sites for hydroxylation is 1. The van der Waals surface area contributed by atoms with Gasteiger partial charge in [0, 0.05) is 17.3 Å². The highest BCUT2D eigenvalue weighted by Crippen LogP contribution is 2.33. The molecular weight excluding hydrogens is 250 g/mol. The molecule has 0 aliphatic heterocycles. The Morgan fingerprint density at radius 2 is 1.95 bits per heavy atom. The Labute approximate surface area is 118 Å². The molecule has 1 fully saturated rings. The lowest BCUT2D eigenvalue weighted by Crippen LogP contribution is -2.12. The molecule has 1 aromatic heterocycles. The van der Waals surface area contributed by atoms with Gasteiger partial charge in [-0.2, -0.15) is 5.10 Å². The van der Waals surface area contributed by atoms with Crippen molar-refractivity contribution in [1.82, 2.24) is 10.2 Å². The van der Waals surface area contributed by atoms with Gasteiger partial charge < -0.3 is 5.32 Å². The summed E-state index contributed by atoms with van der Waals surface area (Å²) in [5.74, 6) is 1.13. The van der Waals surface area contributed by atoms with Crippen LogP contribution in [-0.2, 0) is 0 Å². The second-order valence-electron chi connectivity index (χ2n) is 5.49. The number of hydrogen-bond acceptors (Lipinski definition) is 2. The van der Waals surface area contributed by atoms with E-state index in [0.717, 1.165) is 5.69 Å². The van der Waals surface area contributed by atoms with E-state index in [1.807, 2.05) is 25.1 Å². The lowest BCUT2D eigenvalue weighted by Gasteiger charge is -2.10. The van der Waals surface area contributed by atoms with Crippen molar-refractivity contribution in [3.05, 3.63) is 47.2 Å². The lowest BCUT2D eigenvalue weighted by molar-refractivity contribution is 0.102. The third-order valence-electron chi connectivity index (χ3n) is 3.95. The van der Waals surface area contributed by atoms with Crippen molar-refractivity contribution < 1.29 is 4.79 Å². The molecule has 0 atom stereocenters. The van der Waals surface area contributed by atoms with E-state index in [9.17, 15) is 4.79 Å². The zero-order valence-corrected chi connectivity index (χ0v) is 11.6. The number of H-pyrrole nitrogens is 1. The number of carbonyl (C=O) groups excluding carboxylic acids is 1. The first-order valence-electron chi connectivity index (χ1n) is 7.16. The van der Waals surface area contributed by atoms with Crippen LogP contribution in [0, 0.1) is 6.92 Å². The Balaban J connectivity index is 1.68. The van der Waals surface area contributed by atoms with Crippen LogP contribution in [0.1, 0.15) is 53.2 Å². The summed E-state index contributed by atoms with van der Waals surface area (Å²) < 4.78 is 0. The summed E-state index contributed by atoms with van der Waals surface area (Å²) in [5, 5.41) is 9.60. The quantitative estimate of drug-likeness (QED) is 0.894. The van der Waals surface area contributed by atoms with Crippen molar-refractivity contribution in [2.45, 2.75) is 38.5 Å². The van der Waals surface area contributed by atoms with E-state index >= 15 is 0 Å². The Hall–Kier alpha value is -2.10. The summed E-state index contributed by atoms with van der Waals surface area (Å²) in [7, 11) is 0. The molecule has 1 aliphatic rings. The number of nitrogens with zero attached hydrogens (tertiary/aromatic N) is 1. The van der Waals surface area contributed by atoms with Crippen LogP contribution in [0.4, 0.5) is 5.82 Å². The molecule has 2 aromatic rings. The summed E-state index contributed by atoms with van der Waals surface area (Å²) >= 11 is 0. The molecule has 4 heteroatoms. The van der Waals surface area contributed by atoms with Crippen molar-refractivity contribution in [2.24, 2.45) is 0 Å². The van der Waals surface area contributed by atoms with E-state index in [1.165, 1.54) is 31.2 Å². The molecular formula is C16H19N3O. The number of anilines is 1. The van der Waals surface area contributed by atoms with Crippen LogP contribution in [0.15, 0.2) is 30.3 Å². The molecule has 20 heavy (non-hydrogen) atoms. The molecule has 1 aliphatic carbocycles. The summed E-state index contributed by atoms with van der Waals surface area (Å²) in [4.78, 5) is 12.1. The third-order valence-corrected chi connectivity index (χ3v) is 3.95. The fraction of sp³-hybridized carbons (Fsp3) is 0.375. The van der Waals surface area contributed by atoms with Gasteiger partial charge in [-0.3, -0.25) is 9.89 Å². The molecule has 0 radical (unpaired) electrons.